The maximum atomic E-state index is 12.1. The largest absolute Gasteiger partial charge is 0.492 e. The Hall–Kier alpha value is -2.02. The van der Waals surface area contributed by atoms with Crippen LogP contribution >= 0.6 is 23.2 Å². The maximum Gasteiger partial charge on any atom is 0.258 e. The van der Waals surface area contributed by atoms with Gasteiger partial charge in [0.15, 0.2) is 6.61 Å². The topological polar surface area (TPSA) is 63.7 Å². The molecule has 2 fully saturated rings. The first-order chi connectivity index (χ1) is 14.1. The lowest BCUT2D eigenvalue weighted by Crippen LogP contribution is -2.37. The molecule has 4 rings (SSSR count). The molecule has 2 aromatic rings. The van der Waals surface area contributed by atoms with Gasteiger partial charge in [0.25, 0.3) is 5.91 Å². The number of benzene rings is 1. The molecule has 1 aromatic heterocycles. The summed E-state index contributed by atoms with van der Waals surface area (Å²) < 4.78 is 11.2. The minimum absolute atomic E-state index is 0.0260. The van der Waals surface area contributed by atoms with E-state index >= 15 is 0 Å². The highest BCUT2D eigenvalue weighted by atomic mass is 35.5. The summed E-state index contributed by atoms with van der Waals surface area (Å²) in [7, 11) is 0. The average molecular weight is 436 g/mol. The van der Waals surface area contributed by atoms with Crippen molar-refractivity contribution in [3.63, 3.8) is 0 Å². The number of aromatic nitrogens is 1. The van der Waals surface area contributed by atoms with Gasteiger partial charge in [-0.25, -0.2) is 4.98 Å². The molecule has 6 nitrogen and oxygen atoms in total. The van der Waals surface area contributed by atoms with Gasteiger partial charge in [0.1, 0.15) is 16.7 Å². The predicted molar refractivity (Wildman–Crippen MR) is 112 cm³/mol. The number of rotatable bonds is 9. The molecular weight excluding hydrogens is 413 g/mol. The number of nitrogens with zero attached hydrogens (tertiary/aromatic N) is 2. The van der Waals surface area contributed by atoms with Gasteiger partial charge in [-0.15, -0.1) is 0 Å². The zero-order valence-corrected chi connectivity index (χ0v) is 17.4. The minimum Gasteiger partial charge on any atom is -0.492 e. The van der Waals surface area contributed by atoms with Crippen LogP contribution in [0.25, 0.3) is 0 Å². The van der Waals surface area contributed by atoms with Crippen LogP contribution < -0.4 is 14.8 Å². The quantitative estimate of drug-likeness (QED) is 0.483. The zero-order chi connectivity index (χ0) is 20.2. The molecule has 1 aromatic carbocycles. The third-order valence-electron chi connectivity index (χ3n) is 5.37. The SMILES string of the molecule is O=C(COc1ccc(Cl)cc1)N[C@H]1[C@@H]2CN(CCCOc3ccc(Cl)nc3)C[C@@H]21. The molecule has 2 aliphatic rings. The summed E-state index contributed by atoms with van der Waals surface area (Å²) in [5.41, 5.74) is 0. The average Bonchev–Trinajstić information content (AvgIpc) is 3.15. The molecule has 0 spiro atoms. The maximum absolute atomic E-state index is 12.1. The number of nitrogens with one attached hydrogen (secondary N) is 1. The molecule has 1 saturated carbocycles. The van der Waals surface area contributed by atoms with Gasteiger partial charge in [0.05, 0.1) is 12.8 Å². The Bertz CT molecular complexity index is 820. The van der Waals surface area contributed by atoms with Gasteiger partial charge in [-0.3, -0.25) is 4.79 Å². The fourth-order valence-corrected chi connectivity index (χ4v) is 4.08. The summed E-state index contributed by atoms with van der Waals surface area (Å²) in [5.74, 6) is 2.41. The number of piperidine rings is 1. The summed E-state index contributed by atoms with van der Waals surface area (Å²) >= 11 is 11.6. The molecule has 1 aliphatic heterocycles. The highest BCUT2D eigenvalue weighted by molar-refractivity contribution is 6.30. The zero-order valence-electron chi connectivity index (χ0n) is 15.9. The lowest BCUT2D eigenvalue weighted by Gasteiger charge is -2.19. The normalized spacial score (nSPS) is 22.8. The number of likely N-dealkylation sites (tertiary alicyclic amines) is 1. The van der Waals surface area contributed by atoms with Crippen molar-refractivity contribution in [3.05, 3.63) is 52.8 Å². The fourth-order valence-electron chi connectivity index (χ4n) is 3.84. The van der Waals surface area contributed by atoms with Crippen molar-refractivity contribution in [1.29, 1.82) is 0 Å². The second-order valence-corrected chi connectivity index (χ2v) is 8.27. The molecule has 0 bridgehead atoms. The van der Waals surface area contributed by atoms with Gasteiger partial charge in [0.2, 0.25) is 0 Å². The van der Waals surface area contributed by atoms with E-state index in [1.807, 2.05) is 6.07 Å². The van der Waals surface area contributed by atoms with E-state index in [0.717, 1.165) is 31.8 Å². The molecule has 1 aliphatic carbocycles. The summed E-state index contributed by atoms with van der Waals surface area (Å²) in [6.45, 7) is 3.72. The molecule has 1 N–H and O–H groups in total. The number of halogens is 2. The number of hydrogen-bond acceptors (Lipinski definition) is 5. The number of fused-ring (bicyclic) bond motifs is 1. The van der Waals surface area contributed by atoms with Crippen LogP contribution in [0.2, 0.25) is 10.2 Å². The predicted octanol–water partition coefficient (Wildman–Crippen LogP) is 3.28. The van der Waals surface area contributed by atoms with E-state index in [4.69, 9.17) is 32.7 Å². The van der Waals surface area contributed by atoms with Gasteiger partial charge in [-0.05, 0) is 54.7 Å². The Labute approximate surface area is 180 Å². The van der Waals surface area contributed by atoms with Crippen LogP contribution in [-0.4, -0.2) is 54.7 Å². The number of carbonyl (C=O) groups excluding carboxylic acids is 1. The Kier molecular flexibility index (Phi) is 6.43. The molecule has 0 unspecified atom stereocenters. The first-order valence-electron chi connectivity index (χ1n) is 9.73. The van der Waals surface area contributed by atoms with E-state index in [0.29, 0.717) is 34.4 Å². The minimum atomic E-state index is -0.0733. The van der Waals surface area contributed by atoms with Gasteiger partial charge in [0, 0.05) is 30.7 Å². The summed E-state index contributed by atoms with van der Waals surface area (Å²) in [4.78, 5) is 18.5. The van der Waals surface area contributed by atoms with Gasteiger partial charge in [-0.1, -0.05) is 23.2 Å². The van der Waals surface area contributed by atoms with Gasteiger partial charge < -0.3 is 19.7 Å². The Morgan fingerprint density at radius 3 is 2.48 bits per heavy atom. The molecule has 3 atom stereocenters. The lowest BCUT2D eigenvalue weighted by atomic mass is 10.3. The van der Waals surface area contributed by atoms with Gasteiger partial charge >= 0.3 is 0 Å². The summed E-state index contributed by atoms with van der Waals surface area (Å²) in [5, 5.41) is 4.20. The number of pyridine rings is 1. The van der Waals surface area contributed by atoms with E-state index in [1.54, 1.807) is 36.5 Å². The second kappa shape index (κ2) is 9.20. The van der Waals surface area contributed by atoms with E-state index < -0.39 is 0 Å². The Balaban J connectivity index is 1.08. The number of carbonyl (C=O) groups is 1. The number of amides is 1. The van der Waals surface area contributed by atoms with Crippen molar-refractivity contribution in [3.8, 4) is 11.5 Å². The third-order valence-corrected chi connectivity index (χ3v) is 5.84. The van der Waals surface area contributed by atoms with Crippen LogP contribution in [0.1, 0.15) is 6.42 Å². The molecule has 0 radical (unpaired) electrons. The van der Waals surface area contributed by atoms with Crippen LogP contribution in [0.4, 0.5) is 0 Å². The third kappa shape index (κ3) is 5.53. The standard InChI is InChI=1S/C21H23Cl2N3O3/c22-14-2-4-15(5-3-14)29-13-20(27)25-21-17-11-26(12-18(17)21)8-1-9-28-16-6-7-19(23)24-10-16/h2-7,10,17-18,21H,1,8-9,11-13H2,(H,25,27)/t17-,18+,21+. The van der Waals surface area contributed by atoms with Gasteiger partial charge in [-0.2, -0.15) is 0 Å². The molecule has 29 heavy (non-hydrogen) atoms. The van der Waals surface area contributed by atoms with Crippen molar-refractivity contribution in [2.24, 2.45) is 11.8 Å². The van der Waals surface area contributed by atoms with E-state index in [9.17, 15) is 4.79 Å². The van der Waals surface area contributed by atoms with Crippen molar-refractivity contribution in [1.82, 2.24) is 15.2 Å². The lowest BCUT2D eigenvalue weighted by molar-refractivity contribution is -0.123. The van der Waals surface area contributed by atoms with Crippen molar-refractivity contribution >= 4 is 29.1 Å². The van der Waals surface area contributed by atoms with Crippen LogP contribution in [0, 0.1) is 11.8 Å². The summed E-state index contributed by atoms with van der Waals surface area (Å²) in [6.07, 6.45) is 2.59. The van der Waals surface area contributed by atoms with E-state index in [-0.39, 0.29) is 18.6 Å². The van der Waals surface area contributed by atoms with Crippen LogP contribution in [0.5, 0.6) is 11.5 Å². The van der Waals surface area contributed by atoms with E-state index in [1.165, 1.54) is 0 Å². The van der Waals surface area contributed by atoms with Crippen molar-refractivity contribution in [2.45, 2.75) is 12.5 Å². The number of ether oxygens (including phenoxy) is 2. The second-order valence-electron chi connectivity index (χ2n) is 7.44. The molecule has 8 heteroatoms. The molecule has 154 valence electrons. The molecular formula is C21H23Cl2N3O3. The monoisotopic (exact) mass is 435 g/mol. The smallest absolute Gasteiger partial charge is 0.258 e. The first-order valence-corrected chi connectivity index (χ1v) is 10.5. The van der Waals surface area contributed by atoms with Crippen molar-refractivity contribution in [2.75, 3.05) is 32.8 Å². The van der Waals surface area contributed by atoms with Crippen LogP contribution in [0.15, 0.2) is 42.6 Å². The molecule has 2 heterocycles. The highest BCUT2D eigenvalue weighted by Gasteiger charge is 2.56. The van der Waals surface area contributed by atoms with Crippen molar-refractivity contribution < 1.29 is 14.3 Å². The first kappa shape index (κ1) is 20.3. The number of hydrogen-bond donors (Lipinski definition) is 1. The van der Waals surface area contributed by atoms with Crippen LogP contribution in [-0.2, 0) is 4.79 Å². The highest BCUT2D eigenvalue weighted by Crippen LogP contribution is 2.45. The summed E-state index contributed by atoms with van der Waals surface area (Å²) in [6, 6.07) is 10.8. The molecule has 1 saturated heterocycles. The fraction of sp³-hybridized carbons (Fsp3) is 0.429. The molecule has 1 amide bonds. The van der Waals surface area contributed by atoms with Crippen LogP contribution in [0.3, 0.4) is 0 Å². The van der Waals surface area contributed by atoms with E-state index in [2.05, 4.69) is 15.2 Å². The Morgan fingerprint density at radius 1 is 1.07 bits per heavy atom. The Morgan fingerprint density at radius 2 is 1.79 bits per heavy atom.